The summed E-state index contributed by atoms with van der Waals surface area (Å²) in [4.78, 5) is 11.9. The third-order valence-corrected chi connectivity index (χ3v) is 3.50. The van der Waals surface area contributed by atoms with E-state index < -0.39 is 0 Å². The summed E-state index contributed by atoms with van der Waals surface area (Å²) in [6.07, 6.45) is 4.57. The number of carbonyl (C=O) groups excluding carboxylic acids is 1. The quantitative estimate of drug-likeness (QED) is 0.570. The van der Waals surface area contributed by atoms with Crippen molar-refractivity contribution in [2.24, 2.45) is 17.1 Å². The summed E-state index contributed by atoms with van der Waals surface area (Å²) in [5.41, 5.74) is 5.74. The fraction of sp³-hybridized carbons (Fsp3) is 0.933. The van der Waals surface area contributed by atoms with Gasteiger partial charge in [-0.1, -0.05) is 27.2 Å². The molecular weight excluding hydrogens is 240 g/mol. The van der Waals surface area contributed by atoms with Gasteiger partial charge in [-0.15, -0.1) is 0 Å². The van der Waals surface area contributed by atoms with Crippen LogP contribution in [0.2, 0.25) is 0 Å². The van der Waals surface area contributed by atoms with Crippen LogP contribution in [-0.4, -0.2) is 30.2 Å². The first-order valence-electron chi connectivity index (χ1n) is 7.42. The van der Waals surface area contributed by atoms with E-state index in [-0.39, 0.29) is 29.9 Å². The first-order valence-corrected chi connectivity index (χ1v) is 7.42. The summed E-state index contributed by atoms with van der Waals surface area (Å²) in [6, 6.07) is 0.215. The van der Waals surface area contributed by atoms with E-state index in [1.165, 1.54) is 0 Å². The van der Waals surface area contributed by atoms with E-state index >= 15 is 0 Å². The van der Waals surface area contributed by atoms with Crippen LogP contribution >= 0.6 is 0 Å². The zero-order valence-corrected chi connectivity index (χ0v) is 13.0. The van der Waals surface area contributed by atoms with Crippen LogP contribution < -0.4 is 11.1 Å². The third kappa shape index (κ3) is 9.91. The molecule has 0 fully saturated rings. The van der Waals surface area contributed by atoms with Crippen LogP contribution in [0.3, 0.4) is 0 Å². The number of aliphatic hydroxyl groups excluding tert-OH is 1. The Labute approximate surface area is 118 Å². The van der Waals surface area contributed by atoms with E-state index in [2.05, 4.69) is 19.2 Å². The number of hydrogen-bond acceptors (Lipinski definition) is 3. The highest BCUT2D eigenvalue weighted by Gasteiger charge is 2.20. The minimum atomic E-state index is 0.0455. The van der Waals surface area contributed by atoms with Gasteiger partial charge in [0.15, 0.2) is 0 Å². The van der Waals surface area contributed by atoms with Gasteiger partial charge in [-0.3, -0.25) is 4.79 Å². The lowest BCUT2D eigenvalue weighted by Crippen LogP contribution is -2.37. The van der Waals surface area contributed by atoms with Crippen LogP contribution in [0.5, 0.6) is 0 Å². The standard InChI is InChI=1S/C15H32N2O2/c1-12(7-5-8-13(2)16)14(19)17-11-15(3,4)9-6-10-18/h12-13,18H,5-11,16H2,1-4H3,(H,17,19). The number of nitrogens with one attached hydrogen (secondary N) is 1. The van der Waals surface area contributed by atoms with Crippen molar-refractivity contribution in [1.82, 2.24) is 5.32 Å². The van der Waals surface area contributed by atoms with E-state index in [4.69, 9.17) is 10.8 Å². The number of carbonyl (C=O) groups is 1. The molecule has 0 heterocycles. The van der Waals surface area contributed by atoms with E-state index in [0.29, 0.717) is 6.54 Å². The molecule has 0 aliphatic carbocycles. The van der Waals surface area contributed by atoms with Gasteiger partial charge in [0.1, 0.15) is 0 Å². The maximum atomic E-state index is 11.9. The smallest absolute Gasteiger partial charge is 0.222 e. The van der Waals surface area contributed by atoms with Crippen LogP contribution in [0.4, 0.5) is 0 Å². The number of rotatable bonds is 10. The molecule has 0 rings (SSSR count). The van der Waals surface area contributed by atoms with E-state index in [1.807, 2.05) is 13.8 Å². The Hall–Kier alpha value is -0.610. The topological polar surface area (TPSA) is 75.4 Å². The lowest BCUT2D eigenvalue weighted by Gasteiger charge is -2.25. The van der Waals surface area contributed by atoms with Gasteiger partial charge in [0, 0.05) is 25.1 Å². The Morgan fingerprint density at radius 3 is 2.42 bits per heavy atom. The van der Waals surface area contributed by atoms with E-state index in [0.717, 1.165) is 32.1 Å². The molecule has 0 aliphatic rings. The molecule has 0 aromatic carbocycles. The maximum Gasteiger partial charge on any atom is 0.222 e. The Morgan fingerprint density at radius 2 is 1.89 bits per heavy atom. The van der Waals surface area contributed by atoms with Gasteiger partial charge in [-0.05, 0) is 38.0 Å². The molecule has 2 atom stereocenters. The fourth-order valence-corrected chi connectivity index (χ4v) is 2.02. The highest BCUT2D eigenvalue weighted by Crippen LogP contribution is 2.21. The van der Waals surface area contributed by atoms with Crippen LogP contribution in [0.1, 0.15) is 59.8 Å². The predicted octanol–water partition coefficient (Wildman–Crippen LogP) is 2.05. The van der Waals surface area contributed by atoms with E-state index in [9.17, 15) is 4.79 Å². The van der Waals surface area contributed by atoms with Crippen LogP contribution in [0.15, 0.2) is 0 Å². The summed E-state index contributed by atoms with van der Waals surface area (Å²) >= 11 is 0. The maximum absolute atomic E-state index is 11.9. The molecule has 0 radical (unpaired) electrons. The average Bonchev–Trinajstić information content (AvgIpc) is 2.33. The number of aliphatic hydroxyl groups is 1. The Balaban J connectivity index is 3.89. The molecule has 0 aliphatic heterocycles. The summed E-state index contributed by atoms with van der Waals surface area (Å²) in [5, 5.41) is 11.9. The lowest BCUT2D eigenvalue weighted by molar-refractivity contribution is -0.125. The zero-order valence-electron chi connectivity index (χ0n) is 13.0. The fourth-order valence-electron chi connectivity index (χ4n) is 2.02. The molecule has 0 bridgehead atoms. The van der Waals surface area contributed by atoms with Crippen LogP contribution in [0, 0.1) is 11.3 Å². The van der Waals surface area contributed by atoms with Gasteiger partial charge in [0.25, 0.3) is 0 Å². The molecule has 2 unspecified atom stereocenters. The van der Waals surface area contributed by atoms with Gasteiger partial charge in [0.05, 0.1) is 0 Å². The van der Waals surface area contributed by atoms with Crippen molar-refractivity contribution in [3.63, 3.8) is 0 Å². The van der Waals surface area contributed by atoms with Crippen molar-refractivity contribution in [2.45, 2.75) is 65.8 Å². The normalized spacial score (nSPS) is 15.1. The molecule has 0 saturated heterocycles. The molecule has 114 valence electrons. The number of nitrogens with two attached hydrogens (primary N) is 1. The summed E-state index contributed by atoms with van der Waals surface area (Å²) < 4.78 is 0. The van der Waals surface area contributed by atoms with Crippen molar-refractivity contribution < 1.29 is 9.90 Å². The second-order valence-corrected chi connectivity index (χ2v) is 6.52. The second kappa shape index (κ2) is 9.32. The lowest BCUT2D eigenvalue weighted by atomic mass is 9.87. The molecule has 0 aromatic rings. The van der Waals surface area contributed by atoms with Gasteiger partial charge < -0.3 is 16.2 Å². The van der Waals surface area contributed by atoms with Crippen molar-refractivity contribution in [3.8, 4) is 0 Å². The molecule has 0 spiro atoms. The SMILES string of the molecule is CC(N)CCCC(C)C(=O)NCC(C)(C)CCCO. The van der Waals surface area contributed by atoms with Gasteiger partial charge in [-0.2, -0.15) is 0 Å². The molecule has 1 amide bonds. The number of hydrogen-bond donors (Lipinski definition) is 3. The zero-order chi connectivity index (χ0) is 14.9. The third-order valence-electron chi connectivity index (χ3n) is 3.50. The molecule has 0 aromatic heterocycles. The van der Waals surface area contributed by atoms with Crippen LogP contribution in [0.25, 0.3) is 0 Å². The second-order valence-electron chi connectivity index (χ2n) is 6.52. The monoisotopic (exact) mass is 272 g/mol. The van der Waals surface area contributed by atoms with Gasteiger partial charge in [-0.25, -0.2) is 0 Å². The molecule has 19 heavy (non-hydrogen) atoms. The Kier molecular flexibility index (Phi) is 9.02. The summed E-state index contributed by atoms with van der Waals surface area (Å²) in [5.74, 6) is 0.175. The summed E-state index contributed by atoms with van der Waals surface area (Å²) in [7, 11) is 0. The Bertz CT molecular complexity index is 253. The van der Waals surface area contributed by atoms with Crippen molar-refractivity contribution in [1.29, 1.82) is 0 Å². The van der Waals surface area contributed by atoms with Crippen molar-refractivity contribution >= 4 is 5.91 Å². The summed E-state index contributed by atoms with van der Waals surface area (Å²) in [6.45, 7) is 9.08. The molecule has 4 nitrogen and oxygen atoms in total. The first kappa shape index (κ1) is 18.4. The van der Waals surface area contributed by atoms with E-state index in [1.54, 1.807) is 0 Å². The minimum Gasteiger partial charge on any atom is -0.396 e. The minimum absolute atomic E-state index is 0.0455. The highest BCUT2D eigenvalue weighted by atomic mass is 16.2. The molecular formula is C15H32N2O2. The largest absolute Gasteiger partial charge is 0.396 e. The van der Waals surface area contributed by atoms with Gasteiger partial charge in [0.2, 0.25) is 5.91 Å². The highest BCUT2D eigenvalue weighted by molar-refractivity contribution is 5.78. The molecule has 4 N–H and O–H groups in total. The average molecular weight is 272 g/mol. The van der Waals surface area contributed by atoms with Gasteiger partial charge >= 0.3 is 0 Å². The number of amides is 1. The Morgan fingerprint density at radius 1 is 1.26 bits per heavy atom. The predicted molar refractivity (Wildman–Crippen MR) is 79.8 cm³/mol. The van der Waals surface area contributed by atoms with Crippen LogP contribution in [-0.2, 0) is 4.79 Å². The molecule has 0 saturated carbocycles. The first-order chi connectivity index (χ1) is 8.78. The van der Waals surface area contributed by atoms with Crippen molar-refractivity contribution in [3.05, 3.63) is 0 Å². The van der Waals surface area contributed by atoms with Crippen molar-refractivity contribution in [2.75, 3.05) is 13.2 Å². The molecule has 4 heteroatoms.